The molecule has 3 rings (SSSR count). The molecule has 108 valence electrons. The van der Waals surface area contributed by atoms with Crippen LogP contribution in [0.4, 0.5) is 11.4 Å². The normalized spacial score (nSPS) is 13.9. The van der Waals surface area contributed by atoms with Gasteiger partial charge in [0.15, 0.2) is 0 Å². The highest BCUT2D eigenvalue weighted by molar-refractivity contribution is 6.31. The fourth-order valence-electron chi connectivity index (χ4n) is 2.66. The van der Waals surface area contributed by atoms with Gasteiger partial charge in [-0.15, -0.1) is 0 Å². The van der Waals surface area contributed by atoms with Gasteiger partial charge in [0.05, 0.1) is 5.56 Å². The Hall–Kier alpha value is -2.20. The SMILES string of the molecule is Nc1ccc2c(c1)CCCN2C(=O)c1ccc(Cl)cc1O. The van der Waals surface area contributed by atoms with Crippen molar-refractivity contribution in [1.82, 2.24) is 0 Å². The molecule has 3 N–H and O–H groups in total. The maximum absolute atomic E-state index is 12.7. The van der Waals surface area contributed by atoms with E-state index in [1.165, 1.54) is 6.07 Å². The fraction of sp³-hybridized carbons (Fsp3) is 0.188. The Morgan fingerprint density at radius 3 is 2.81 bits per heavy atom. The number of nitrogens with two attached hydrogens (primary N) is 1. The van der Waals surface area contributed by atoms with Crippen molar-refractivity contribution in [2.24, 2.45) is 0 Å². The smallest absolute Gasteiger partial charge is 0.262 e. The van der Waals surface area contributed by atoms with Crippen LogP contribution in [-0.2, 0) is 6.42 Å². The number of nitrogens with zero attached hydrogens (tertiary/aromatic N) is 1. The molecule has 1 amide bonds. The number of aryl methyl sites for hydroxylation is 1. The van der Waals surface area contributed by atoms with Gasteiger partial charge in [0.1, 0.15) is 5.75 Å². The number of hydrogen-bond acceptors (Lipinski definition) is 3. The molecule has 1 aliphatic rings. The summed E-state index contributed by atoms with van der Waals surface area (Å²) in [4.78, 5) is 14.4. The molecule has 0 unspecified atom stereocenters. The van der Waals surface area contributed by atoms with Crippen LogP contribution < -0.4 is 10.6 Å². The van der Waals surface area contributed by atoms with Gasteiger partial charge >= 0.3 is 0 Å². The molecular weight excluding hydrogens is 288 g/mol. The van der Waals surface area contributed by atoms with Gasteiger partial charge in [0.25, 0.3) is 5.91 Å². The molecule has 4 nitrogen and oxygen atoms in total. The van der Waals surface area contributed by atoms with E-state index in [9.17, 15) is 9.90 Å². The summed E-state index contributed by atoms with van der Waals surface area (Å²) in [7, 11) is 0. The van der Waals surface area contributed by atoms with Crippen LogP contribution in [0.5, 0.6) is 5.75 Å². The number of benzene rings is 2. The number of halogens is 1. The van der Waals surface area contributed by atoms with Crippen LogP contribution in [0.2, 0.25) is 5.02 Å². The molecule has 0 spiro atoms. The summed E-state index contributed by atoms with van der Waals surface area (Å²) >= 11 is 5.81. The molecular formula is C16H15ClN2O2. The summed E-state index contributed by atoms with van der Waals surface area (Å²) in [5.41, 5.74) is 8.66. The zero-order valence-electron chi connectivity index (χ0n) is 11.3. The predicted octanol–water partition coefficient (Wildman–Crippen LogP) is 3.22. The van der Waals surface area contributed by atoms with Crippen molar-refractivity contribution in [2.75, 3.05) is 17.2 Å². The zero-order valence-corrected chi connectivity index (χ0v) is 12.1. The molecule has 0 radical (unpaired) electrons. The molecule has 0 saturated carbocycles. The van der Waals surface area contributed by atoms with Gasteiger partial charge in [-0.05, 0) is 54.8 Å². The van der Waals surface area contributed by atoms with E-state index in [2.05, 4.69) is 0 Å². The van der Waals surface area contributed by atoms with Gasteiger partial charge in [-0.25, -0.2) is 0 Å². The first-order valence-corrected chi connectivity index (χ1v) is 7.13. The monoisotopic (exact) mass is 302 g/mol. The molecule has 0 bridgehead atoms. The highest BCUT2D eigenvalue weighted by Crippen LogP contribution is 2.32. The van der Waals surface area contributed by atoms with E-state index in [4.69, 9.17) is 17.3 Å². The first-order chi connectivity index (χ1) is 10.1. The van der Waals surface area contributed by atoms with Crippen molar-refractivity contribution < 1.29 is 9.90 Å². The molecule has 2 aromatic rings. The van der Waals surface area contributed by atoms with Crippen LogP contribution in [0.3, 0.4) is 0 Å². The molecule has 0 aliphatic carbocycles. The van der Waals surface area contributed by atoms with Crippen LogP contribution in [0.1, 0.15) is 22.3 Å². The summed E-state index contributed by atoms with van der Waals surface area (Å²) < 4.78 is 0. The number of phenols is 1. The van der Waals surface area contributed by atoms with Crippen LogP contribution >= 0.6 is 11.6 Å². The quantitative estimate of drug-likeness (QED) is 0.795. The van der Waals surface area contributed by atoms with Crippen molar-refractivity contribution in [3.05, 3.63) is 52.5 Å². The molecule has 1 aliphatic heterocycles. The van der Waals surface area contributed by atoms with E-state index in [1.54, 1.807) is 23.1 Å². The first-order valence-electron chi connectivity index (χ1n) is 6.75. The van der Waals surface area contributed by atoms with Gasteiger partial charge in [-0.2, -0.15) is 0 Å². The van der Waals surface area contributed by atoms with E-state index in [0.717, 1.165) is 24.1 Å². The Balaban J connectivity index is 2.00. The second-order valence-electron chi connectivity index (χ2n) is 5.11. The lowest BCUT2D eigenvalue weighted by Gasteiger charge is -2.30. The third kappa shape index (κ3) is 2.54. The minimum Gasteiger partial charge on any atom is -0.507 e. The maximum Gasteiger partial charge on any atom is 0.262 e. The molecule has 5 heteroatoms. The van der Waals surface area contributed by atoms with Gasteiger partial charge in [0.2, 0.25) is 0 Å². The summed E-state index contributed by atoms with van der Waals surface area (Å²) in [6, 6.07) is 10.1. The van der Waals surface area contributed by atoms with Crippen molar-refractivity contribution in [3.8, 4) is 5.75 Å². The van der Waals surface area contributed by atoms with E-state index >= 15 is 0 Å². The Morgan fingerprint density at radius 2 is 2.05 bits per heavy atom. The summed E-state index contributed by atoms with van der Waals surface area (Å²) in [5, 5.41) is 10.3. The second-order valence-corrected chi connectivity index (χ2v) is 5.55. The lowest BCUT2D eigenvalue weighted by atomic mass is 10.00. The molecule has 0 saturated heterocycles. The molecule has 21 heavy (non-hydrogen) atoms. The number of fused-ring (bicyclic) bond motifs is 1. The molecule has 0 fully saturated rings. The summed E-state index contributed by atoms with van der Waals surface area (Å²) in [6.45, 7) is 0.623. The number of rotatable bonds is 1. The molecule has 1 heterocycles. The predicted molar refractivity (Wildman–Crippen MR) is 84.0 cm³/mol. The topological polar surface area (TPSA) is 66.6 Å². The van der Waals surface area contributed by atoms with Crippen LogP contribution in [0, 0.1) is 0 Å². The van der Waals surface area contributed by atoms with Gasteiger partial charge in [-0.1, -0.05) is 11.6 Å². The van der Waals surface area contributed by atoms with Crippen molar-refractivity contribution >= 4 is 28.9 Å². The fourth-order valence-corrected chi connectivity index (χ4v) is 2.83. The largest absolute Gasteiger partial charge is 0.507 e. The standard InChI is InChI=1S/C16H15ClN2O2/c17-11-3-5-13(15(20)9-11)16(21)19-7-1-2-10-8-12(18)4-6-14(10)19/h3-6,8-9,20H,1-2,7,18H2. The third-order valence-electron chi connectivity index (χ3n) is 3.66. The number of hydrogen-bond donors (Lipinski definition) is 2. The van der Waals surface area contributed by atoms with Crippen LogP contribution in [-0.4, -0.2) is 17.6 Å². The van der Waals surface area contributed by atoms with Gasteiger partial charge in [-0.3, -0.25) is 4.79 Å². The number of aromatic hydroxyl groups is 1. The Morgan fingerprint density at radius 1 is 1.24 bits per heavy atom. The van der Waals surface area contributed by atoms with Gasteiger partial charge in [0, 0.05) is 22.9 Å². The lowest BCUT2D eigenvalue weighted by Crippen LogP contribution is -2.35. The lowest BCUT2D eigenvalue weighted by molar-refractivity contribution is 0.0982. The number of phenolic OH excluding ortho intramolecular Hbond substituents is 1. The van der Waals surface area contributed by atoms with Crippen molar-refractivity contribution in [1.29, 1.82) is 0 Å². The van der Waals surface area contributed by atoms with E-state index in [0.29, 0.717) is 17.3 Å². The van der Waals surface area contributed by atoms with Crippen LogP contribution in [0.15, 0.2) is 36.4 Å². The summed E-state index contributed by atoms with van der Waals surface area (Å²) in [6.07, 6.45) is 1.77. The minimum absolute atomic E-state index is 0.102. The Kier molecular flexibility index (Phi) is 3.47. The first kappa shape index (κ1) is 13.8. The average Bonchev–Trinajstić information content (AvgIpc) is 2.45. The number of carbonyl (C=O) groups excluding carboxylic acids is 1. The Labute approximate surface area is 127 Å². The number of nitrogen functional groups attached to an aromatic ring is 1. The second kappa shape index (κ2) is 5.30. The van der Waals surface area contributed by atoms with E-state index in [-0.39, 0.29) is 17.2 Å². The van der Waals surface area contributed by atoms with Crippen molar-refractivity contribution in [3.63, 3.8) is 0 Å². The summed E-state index contributed by atoms with van der Waals surface area (Å²) in [5.74, 6) is -0.329. The Bertz CT molecular complexity index is 715. The molecule has 0 atom stereocenters. The highest BCUT2D eigenvalue weighted by Gasteiger charge is 2.25. The van der Waals surface area contributed by atoms with Crippen molar-refractivity contribution in [2.45, 2.75) is 12.8 Å². The molecule has 0 aromatic heterocycles. The van der Waals surface area contributed by atoms with Gasteiger partial charge < -0.3 is 15.7 Å². The molecule has 2 aromatic carbocycles. The zero-order chi connectivity index (χ0) is 15.0. The minimum atomic E-state index is -0.227. The highest BCUT2D eigenvalue weighted by atomic mass is 35.5. The van der Waals surface area contributed by atoms with E-state index in [1.807, 2.05) is 12.1 Å². The van der Waals surface area contributed by atoms with E-state index < -0.39 is 0 Å². The number of amides is 1. The maximum atomic E-state index is 12.7. The number of carbonyl (C=O) groups is 1. The third-order valence-corrected chi connectivity index (χ3v) is 3.89. The van der Waals surface area contributed by atoms with Crippen LogP contribution in [0.25, 0.3) is 0 Å². The average molecular weight is 303 g/mol. The number of anilines is 2.